The Labute approximate surface area is 192 Å². The normalized spacial score (nSPS) is 12.7. The molecule has 0 N–H and O–H groups in total. The molecule has 6 heteroatoms. The molecular weight excluding hydrogens is 515 g/mol. The highest BCUT2D eigenvalue weighted by atomic mass is 127. The number of hydrogen-bond acceptors (Lipinski definition) is 4. The quantitative estimate of drug-likeness (QED) is 0.231. The predicted octanol–water partition coefficient (Wildman–Crippen LogP) is 5.99. The summed E-state index contributed by atoms with van der Waals surface area (Å²) in [7, 11) is 1.55. The second-order valence-corrected chi connectivity index (χ2v) is 8.25. The van der Waals surface area contributed by atoms with E-state index in [9.17, 15) is 9.59 Å². The minimum absolute atomic E-state index is 0.152. The molecular formula is C24H16ClIO4. The molecule has 4 rings (SSSR count). The van der Waals surface area contributed by atoms with Crippen LogP contribution in [0.15, 0.2) is 66.2 Å². The van der Waals surface area contributed by atoms with Gasteiger partial charge in [0, 0.05) is 21.7 Å². The summed E-state index contributed by atoms with van der Waals surface area (Å²) in [5.41, 5.74) is 2.58. The molecule has 3 aromatic carbocycles. The third-order valence-corrected chi connectivity index (χ3v) is 5.97. The maximum absolute atomic E-state index is 12.6. The largest absolute Gasteiger partial charge is 0.493 e. The molecule has 1 aliphatic rings. The number of rotatable bonds is 5. The van der Waals surface area contributed by atoms with Gasteiger partial charge in [0.1, 0.15) is 6.61 Å². The summed E-state index contributed by atoms with van der Waals surface area (Å²) in [5.74, 6) is 0.566. The third-order valence-electron chi connectivity index (χ3n) is 4.80. The van der Waals surface area contributed by atoms with Crippen LogP contribution in [0.3, 0.4) is 0 Å². The van der Waals surface area contributed by atoms with E-state index in [0.717, 1.165) is 9.13 Å². The number of fused-ring (bicyclic) bond motifs is 1. The van der Waals surface area contributed by atoms with Crippen LogP contribution in [0.4, 0.5) is 0 Å². The van der Waals surface area contributed by atoms with Gasteiger partial charge in [0.2, 0.25) is 0 Å². The van der Waals surface area contributed by atoms with Crippen molar-refractivity contribution in [3.8, 4) is 11.5 Å². The van der Waals surface area contributed by atoms with Gasteiger partial charge in [-0.15, -0.1) is 0 Å². The van der Waals surface area contributed by atoms with Crippen LogP contribution < -0.4 is 9.47 Å². The number of hydrogen-bond donors (Lipinski definition) is 0. The van der Waals surface area contributed by atoms with E-state index in [1.165, 1.54) is 0 Å². The lowest BCUT2D eigenvalue weighted by Gasteiger charge is -2.14. The standard InChI is InChI=1S/C24H16ClIO4/c1-29-21-12-14(10-18-22(27)16-7-3-4-8-17(16)23(18)28)11-20(26)24(21)30-13-15-6-2-5-9-19(15)25/h2-12H,13H2,1H3. The second-order valence-electron chi connectivity index (χ2n) is 6.68. The van der Waals surface area contributed by atoms with Crippen LogP contribution in [-0.2, 0) is 6.61 Å². The van der Waals surface area contributed by atoms with Gasteiger partial charge in [-0.25, -0.2) is 0 Å². The van der Waals surface area contributed by atoms with Crippen molar-refractivity contribution >= 4 is 51.8 Å². The fraction of sp³-hybridized carbons (Fsp3) is 0.0833. The lowest BCUT2D eigenvalue weighted by molar-refractivity contribution is 0.0990. The number of methoxy groups -OCH3 is 1. The summed E-state index contributed by atoms with van der Waals surface area (Å²) < 4.78 is 12.3. The van der Waals surface area contributed by atoms with E-state index >= 15 is 0 Å². The highest BCUT2D eigenvalue weighted by molar-refractivity contribution is 14.1. The molecule has 0 amide bonds. The smallest absolute Gasteiger partial charge is 0.197 e. The Balaban J connectivity index is 1.65. The van der Waals surface area contributed by atoms with Crippen LogP contribution in [0.25, 0.3) is 6.08 Å². The first kappa shape index (κ1) is 20.6. The summed E-state index contributed by atoms with van der Waals surface area (Å²) in [6.45, 7) is 0.290. The lowest BCUT2D eigenvalue weighted by atomic mass is 10.1. The number of allylic oxidation sites excluding steroid dienone is 1. The highest BCUT2D eigenvalue weighted by Gasteiger charge is 2.32. The summed E-state index contributed by atoms with van der Waals surface area (Å²) >= 11 is 8.35. The number of ether oxygens (including phenoxy) is 2. The number of carbonyl (C=O) groups is 2. The van der Waals surface area contributed by atoms with Crippen LogP contribution in [-0.4, -0.2) is 18.7 Å². The topological polar surface area (TPSA) is 52.6 Å². The van der Waals surface area contributed by atoms with Gasteiger partial charge in [0.15, 0.2) is 23.1 Å². The van der Waals surface area contributed by atoms with Gasteiger partial charge in [-0.1, -0.05) is 54.1 Å². The summed E-state index contributed by atoms with van der Waals surface area (Å²) in [4.78, 5) is 25.3. The van der Waals surface area contributed by atoms with Crippen LogP contribution in [0.1, 0.15) is 31.8 Å². The molecule has 0 saturated heterocycles. The molecule has 0 aromatic heterocycles. The first-order valence-electron chi connectivity index (χ1n) is 9.13. The molecule has 0 radical (unpaired) electrons. The molecule has 150 valence electrons. The predicted molar refractivity (Wildman–Crippen MR) is 125 cm³/mol. The van der Waals surface area contributed by atoms with Crippen molar-refractivity contribution in [2.75, 3.05) is 7.11 Å². The van der Waals surface area contributed by atoms with Gasteiger partial charge in [-0.3, -0.25) is 9.59 Å². The van der Waals surface area contributed by atoms with Crippen molar-refractivity contribution in [3.05, 3.63) is 97.1 Å². The highest BCUT2D eigenvalue weighted by Crippen LogP contribution is 2.36. The monoisotopic (exact) mass is 530 g/mol. The van der Waals surface area contributed by atoms with Crippen molar-refractivity contribution in [1.29, 1.82) is 0 Å². The fourth-order valence-corrected chi connectivity index (χ4v) is 4.27. The molecule has 0 aliphatic heterocycles. The Morgan fingerprint density at radius 1 is 0.967 bits per heavy atom. The summed E-state index contributed by atoms with van der Waals surface area (Å²) in [6.07, 6.45) is 1.60. The second kappa shape index (κ2) is 8.62. The van der Waals surface area contributed by atoms with Crippen LogP contribution in [0.2, 0.25) is 5.02 Å². The van der Waals surface area contributed by atoms with E-state index in [0.29, 0.717) is 39.8 Å². The number of carbonyl (C=O) groups excluding carboxylic acids is 2. The molecule has 0 atom stereocenters. The first-order chi connectivity index (χ1) is 14.5. The minimum Gasteiger partial charge on any atom is -0.493 e. The maximum atomic E-state index is 12.6. The molecule has 0 heterocycles. The minimum atomic E-state index is -0.261. The molecule has 4 nitrogen and oxygen atoms in total. The van der Waals surface area contributed by atoms with E-state index in [2.05, 4.69) is 22.6 Å². The molecule has 3 aromatic rings. The fourth-order valence-electron chi connectivity index (χ4n) is 3.30. The molecule has 30 heavy (non-hydrogen) atoms. The Morgan fingerprint density at radius 2 is 1.60 bits per heavy atom. The molecule has 0 fully saturated rings. The van der Waals surface area contributed by atoms with Crippen LogP contribution in [0.5, 0.6) is 11.5 Å². The van der Waals surface area contributed by atoms with Crippen molar-refractivity contribution in [2.45, 2.75) is 6.61 Å². The average Bonchev–Trinajstić information content (AvgIpc) is 2.99. The van der Waals surface area contributed by atoms with E-state index in [-0.39, 0.29) is 17.1 Å². The number of ketones is 2. The van der Waals surface area contributed by atoms with E-state index in [4.69, 9.17) is 21.1 Å². The van der Waals surface area contributed by atoms with Gasteiger partial charge in [-0.2, -0.15) is 0 Å². The van der Waals surface area contributed by atoms with Crippen LogP contribution in [0, 0.1) is 3.57 Å². The average molecular weight is 531 g/mol. The number of halogens is 2. The van der Waals surface area contributed by atoms with Crippen molar-refractivity contribution in [2.24, 2.45) is 0 Å². The van der Waals surface area contributed by atoms with Crippen LogP contribution >= 0.6 is 34.2 Å². The van der Waals surface area contributed by atoms with Gasteiger partial charge in [0.25, 0.3) is 0 Å². The van der Waals surface area contributed by atoms with E-state index in [1.807, 2.05) is 30.3 Å². The molecule has 0 unspecified atom stereocenters. The van der Waals surface area contributed by atoms with Gasteiger partial charge >= 0.3 is 0 Å². The molecule has 1 aliphatic carbocycles. The summed E-state index contributed by atoms with van der Waals surface area (Å²) in [5, 5.41) is 0.630. The maximum Gasteiger partial charge on any atom is 0.197 e. The molecule has 0 bridgehead atoms. The Bertz CT molecular complexity index is 1160. The number of Topliss-reactive ketones (excluding diaryl/α,β-unsaturated/α-hetero) is 2. The molecule has 0 saturated carbocycles. The summed E-state index contributed by atoms with van der Waals surface area (Å²) in [6, 6.07) is 17.9. The number of benzene rings is 3. The van der Waals surface area contributed by atoms with E-state index < -0.39 is 0 Å². The third kappa shape index (κ3) is 3.87. The van der Waals surface area contributed by atoms with Gasteiger partial charge in [-0.05, 0) is 52.4 Å². The Kier molecular flexibility index (Phi) is 5.92. The van der Waals surface area contributed by atoms with Gasteiger partial charge in [0.05, 0.1) is 16.3 Å². The SMILES string of the molecule is COc1cc(C=C2C(=O)c3ccccc3C2=O)cc(I)c1OCc1ccccc1Cl. The van der Waals surface area contributed by atoms with Crippen molar-refractivity contribution < 1.29 is 19.1 Å². The lowest BCUT2D eigenvalue weighted by Crippen LogP contribution is -2.02. The van der Waals surface area contributed by atoms with E-state index in [1.54, 1.807) is 43.5 Å². The van der Waals surface area contributed by atoms with Gasteiger partial charge < -0.3 is 9.47 Å². The zero-order valence-corrected chi connectivity index (χ0v) is 18.9. The molecule has 0 spiro atoms. The zero-order chi connectivity index (χ0) is 21.3. The Morgan fingerprint density at radius 3 is 2.23 bits per heavy atom. The Hall–Kier alpha value is -2.64. The first-order valence-corrected chi connectivity index (χ1v) is 10.6. The zero-order valence-electron chi connectivity index (χ0n) is 15.9. The van der Waals surface area contributed by atoms with Crippen molar-refractivity contribution in [3.63, 3.8) is 0 Å². The van der Waals surface area contributed by atoms with Crippen molar-refractivity contribution in [1.82, 2.24) is 0 Å².